The van der Waals surface area contributed by atoms with E-state index in [1.807, 2.05) is 18.2 Å². The quantitative estimate of drug-likeness (QED) is 0.596. The molecule has 0 spiro atoms. The highest BCUT2D eigenvalue weighted by molar-refractivity contribution is 5.85. The van der Waals surface area contributed by atoms with Crippen LogP contribution >= 0.6 is 0 Å². The van der Waals surface area contributed by atoms with Crippen LogP contribution in [0.2, 0.25) is 0 Å². The molecule has 0 saturated heterocycles. The Hall–Kier alpha value is -2.80. The molecule has 2 atom stereocenters. The van der Waals surface area contributed by atoms with E-state index in [9.17, 15) is 14.7 Å². The van der Waals surface area contributed by atoms with Gasteiger partial charge in [0.1, 0.15) is 5.56 Å². The van der Waals surface area contributed by atoms with Crippen LogP contribution in [0.1, 0.15) is 29.8 Å². The summed E-state index contributed by atoms with van der Waals surface area (Å²) in [4.78, 5) is 29.7. The SMILES string of the molecule is CC[NH+]1CCc2c([nH]c3ccccc23)[C@H]1c1c(O)n(C)c(=O)n(C)c1=O. The van der Waals surface area contributed by atoms with Crippen LogP contribution in [0.25, 0.3) is 10.9 Å². The van der Waals surface area contributed by atoms with Crippen molar-refractivity contribution in [1.29, 1.82) is 0 Å². The topological polar surface area (TPSA) is 84.5 Å². The van der Waals surface area contributed by atoms with Gasteiger partial charge in [0.2, 0.25) is 5.88 Å². The van der Waals surface area contributed by atoms with Gasteiger partial charge in [-0.2, -0.15) is 0 Å². The first-order valence-corrected chi connectivity index (χ1v) is 8.88. The van der Waals surface area contributed by atoms with Gasteiger partial charge in [-0.05, 0) is 18.6 Å². The molecule has 0 saturated carbocycles. The Bertz CT molecular complexity index is 1120. The molecule has 4 rings (SSSR count). The number of aromatic nitrogens is 3. The van der Waals surface area contributed by atoms with Crippen molar-refractivity contribution in [1.82, 2.24) is 14.1 Å². The number of quaternary nitrogens is 1. The lowest BCUT2D eigenvalue weighted by molar-refractivity contribution is -0.926. The van der Waals surface area contributed by atoms with Crippen molar-refractivity contribution >= 4 is 10.9 Å². The Kier molecular flexibility index (Phi) is 3.77. The maximum atomic E-state index is 12.9. The van der Waals surface area contributed by atoms with Crippen LogP contribution in [-0.4, -0.2) is 32.3 Å². The summed E-state index contributed by atoms with van der Waals surface area (Å²) < 4.78 is 2.21. The van der Waals surface area contributed by atoms with Gasteiger partial charge in [-0.15, -0.1) is 0 Å². The molecule has 3 N–H and O–H groups in total. The summed E-state index contributed by atoms with van der Waals surface area (Å²) in [5.41, 5.74) is 2.49. The third-order valence-corrected chi connectivity index (χ3v) is 5.65. The third-order valence-electron chi connectivity index (χ3n) is 5.65. The van der Waals surface area contributed by atoms with Gasteiger partial charge in [0.25, 0.3) is 5.56 Å². The zero-order valence-corrected chi connectivity index (χ0v) is 15.2. The van der Waals surface area contributed by atoms with Crippen LogP contribution in [-0.2, 0) is 20.5 Å². The minimum absolute atomic E-state index is 0.249. The minimum Gasteiger partial charge on any atom is -0.494 e. The molecule has 0 aliphatic carbocycles. The Morgan fingerprint density at radius 3 is 2.69 bits per heavy atom. The second kappa shape index (κ2) is 5.88. The maximum Gasteiger partial charge on any atom is 0.333 e. The largest absolute Gasteiger partial charge is 0.494 e. The number of rotatable bonds is 2. The number of aromatic hydroxyl groups is 1. The van der Waals surface area contributed by atoms with Crippen LogP contribution < -0.4 is 16.1 Å². The van der Waals surface area contributed by atoms with Gasteiger partial charge < -0.3 is 15.0 Å². The molecule has 1 unspecified atom stereocenters. The summed E-state index contributed by atoms with van der Waals surface area (Å²) in [5.74, 6) is -0.249. The summed E-state index contributed by atoms with van der Waals surface area (Å²) in [6.07, 6.45) is 0.909. The summed E-state index contributed by atoms with van der Waals surface area (Å²) in [7, 11) is 2.94. The molecule has 0 bridgehead atoms. The Morgan fingerprint density at radius 1 is 1.23 bits per heavy atom. The summed E-state index contributed by atoms with van der Waals surface area (Å²) in [6, 6.07) is 7.76. The maximum absolute atomic E-state index is 12.9. The summed E-state index contributed by atoms with van der Waals surface area (Å²) >= 11 is 0. The average Bonchev–Trinajstić information content (AvgIpc) is 3.04. The van der Waals surface area contributed by atoms with E-state index in [0.717, 1.165) is 45.2 Å². The number of aromatic amines is 1. The molecule has 1 aliphatic rings. The predicted octanol–water partition coefficient (Wildman–Crippen LogP) is -0.179. The molecular formula is C19H23N4O3+. The van der Waals surface area contributed by atoms with E-state index in [1.54, 1.807) is 0 Å². The number of likely N-dealkylation sites (N-methyl/N-ethyl adjacent to an activating group) is 1. The fraction of sp³-hybridized carbons (Fsp3) is 0.368. The van der Waals surface area contributed by atoms with Crippen molar-refractivity contribution in [3.63, 3.8) is 0 Å². The van der Waals surface area contributed by atoms with Crippen molar-refractivity contribution in [3.8, 4) is 5.88 Å². The van der Waals surface area contributed by atoms with E-state index >= 15 is 0 Å². The van der Waals surface area contributed by atoms with Crippen molar-refractivity contribution < 1.29 is 10.0 Å². The molecular weight excluding hydrogens is 332 g/mol. The normalized spacial score (nSPS) is 19.7. The highest BCUT2D eigenvalue weighted by Crippen LogP contribution is 2.32. The van der Waals surface area contributed by atoms with Gasteiger partial charge in [-0.1, -0.05) is 18.2 Å². The smallest absolute Gasteiger partial charge is 0.333 e. The first-order chi connectivity index (χ1) is 12.5. The van der Waals surface area contributed by atoms with Crippen molar-refractivity contribution in [2.24, 2.45) is 14.1 Å². The van der Waals surface area contributed by atoms with Gasteiger partial charge in [0.05, 0.1) is 18.8 Å². The molecule has 7 nitrogen and oxygen atoms in total. The summed E-state index contributed by atoms with van der Waals surface area (Å²) in [6.45, 7) is 3.74. The lowest BCUT2D eigenvalue weighted by Crippen LogP contribution is -3.13. The fourth-order valence-electron chi connectivity index (χ4n) is 4.21. The Labute approximate surface area is 150 Å². The first-order valence-electron chi connectivity index (χ1n) is 8.88. The molecule has 2 aromatic heterocycles. The van der Waals surface area contributed by atoms with Crippen molar-refractivity contribution in [2.75, 3.05) is 13.1 Å². The van der Waals surface area contributed by atoms with Crippen LogP contribution in [0, 0.1) is 0 Å². The van der Waals surface area contributed by atoms with E-state index in [4.69, 9.17) is 0 Å². The number of H-pyrrole nitrogens is 1. The van der Waals surface area contributed by atoms with E-state index in [0.29, 0.717) is 0 Å². The van der Waals surface area contributed by atoms with Crippen LogP contribution in [0.15, 0.2) is 33.9 Å². The van der Waals surface area contributed by atoms with Crippen LogP contribution in [0.5, 0.6) is 5.88 Å². The number of hydrogen-bond acceptors (Lipinski definition) is 3. The van der Waals surface area contributed by atoms with Crippen molar-refractivity contribution in [2.45, 2.75) is 19.4 Å². The predicted molar refractivity (Wildman–Crippen MR) is 98.8 cm³/mol. The zero-order valence-electron chi connectivity index (χ0n) is 15.2. The standard InChI is InChI=1S/C19H22N4O3/c1-4-23-10-9-12-11-7-5-6-8-13(11)20-15(12)16(23)14-17(24)21(2)19(26)22(3)18(14)25/h5-8,16,20,24H,4,9-10H2,1-3H3/p+1/t16-/m1/s1. The number of nitrogens with zero attached hydrogens (tertiary/aromatic N) is 2. The first kappa shape index (κ1) is 16.7. The van der Waals surface area contributed by atoms with Gasteiger partial charge in [-0.25, -0.2) is 4.79 Å². The molecule has 0 fully saturated rings. The fourth-order valence-corrected chi connectivity index (χ4v) is 4.21. The van der Waals surface area contributed by atoms with E-state index in [2.05, 4.69) is 18.0 Å². The highest BCUT2D eigenvalue weighted by Gasteiger charge is 2.39. The average molecular weight is 355 g/mol. The number of para-hydroxylation sites is 1. The molecule has 26 heavy (non-hydrogen) atoms. The van der Waals surface area contributed by atoms with Gasteiger partial charge in [-0.3, -0.25) is 13.9 Å². The van der Waals surface area contributed by atoms with Crippen LogP contribution in [0.3, 0.4) is 0 Å². The number of nitrogens with one attached hydrogen (secondary N) is 2. The molecule has 0 amide bonds. The molecule has 136 valence electrons. The lowest BCUT2D eigenvalue weighted by Gasteiger charge is -2.32. The second-order valence-electron chi connectivity index (χ2n) is 6.95. The summed E-state index contributed by atoms with van der Waals surface area (Å²) in [5, 5.41) is 11.8. The Morgan fingerprint density at radius 2 is 1.96 bits per heavy atom. The monoisotopic (exact) mass is 355 g/mol. The van der Waals surface area contributed by atoms with E-state index < -0.39 is 11.2 Å². The van der Waals surface area contributed by atoms with E-state index in [1.165, 1.54) is 24.6 Å². The Balaban J connectivity index is 2.06. The second-order valence-corrected chi connectivity index (χ2v) is 6.95. The van der Waals surface area contributed by atoms with E-state index in [-0.39, 0.29) is 17.5 Å². The minimum atomic E-state index is -0.526. The third kappa shape index (κ3) is 2.17. The highest BCUT2D eigenvalue weighted by atomic mass is 16.3. The molecule has 1 aromatic carbocycles. The molecule has 1 aliphatic heterocycles. The molecule has 7 heteroatoms. The number of hydrogen-bond donors (Lipinski definition) is 3. The van der Waals surface area contributed by atoms with Gasteiger partial charge in [0, 0.05) is 31.4 Å². The molecule has 3 heterocycles. The molecule has 3 aromatic rings. The van der Waals surface area contributed by atoms with Gasteiger partial charge in [0.15, 0.2) is 6.04 Å². The zero-order chi connectivity index (χ0) is 18.6. The van der Waals surface area contributed by atoms with Crippen LogP contribution in [0.4, 0.5) is 0 Å². The van der Waals surface area contributed by atoms with Crippen molar-refractivity contribution in [3.05, 3.63) is 61.9 Å². The lowest BCUT2D eigenvalue weighted by atomic mass is 9.93. The number of fused-ring (bicyclic) bond motifs is 3. The number of benzene rings is 1. The van der Waals surface area contributed by atoms with Gasteiger partial charge >= 0.3 is 5.69 Å². The molecule has 0 radical (unpaired) electrons.